The van der Waals surface area contributed by atoms with Gasteiger partial charge in [0.05, 0.1) is 6.10 Å². The molecule has 5 heteroatoms. The first-order valence-corrected chi connectivity index (χ1v) is 6.96. The average molecular weight is 270 g/mol. The van der Waals surface area contributed by atoms with Crippen molar-refractivity contribution in [1.82, 2.24) is 9.97 Å². The Balaban J connectivity index is 2.27. The minimum absolute atomic E-state index is 0.232. The van der Waals surface area contributed by atoms with Crippen molar-refractivity contribution in [2.24, 2.45) is 0 Å². The summed E-state index contributed by atoms with van der Waals surface area (Å²) in [5.74, 6) is 0.981. The van der Waals surface area contributed by atoms with Gasteiger partial charge >= 0.3 is 0 Å². The molecule has 0 bridgehead atoms. The Kier molecular flexibility index (Phi) is 4.78. The van der Waals surface area contributed by atoms with Gasteiger partial charge in [-0.15, -0.1) is 0 Å². The molecule has 1 aliphatic rings. The highest BCUT2D eigenvalue weighted by atomic mass is 35.5. The molecule has 1 unspecified atom stereocenters. The normalized spacial score (nSPS) is 20.8. The van der Waals surface area contributed by atoms with E-state index in [-0.39, 0.29) is 6.10 Å². The number of aromatic nitrogens is 2. The topological polar surface area (TPSA) is 38.2 Å². The molecule has 1 aromatic rings. The van der Waals surface area contributed by atoms with Gasteiger partial charge in [0.1, 0.15) is 17.3 Å². The lowest BCUT2D eigenvalue weighted by atomic mass is 10.1. The fraction of sp³-hybridized carbons (Fsp3) is 0.692. The second-order valence-electron chi connectivity index (χ2n) is 4.70. The van der Waals surface area contributed by atoms with Gasteiger partial charge in [0.15, 0.2) is 0 Å². The molecule has 0 radical (unpaired) electrons. The molecule has 0 N–H and O–H groups in total. The van der Waals surface area contributed by atoms with Crippen LogP contribution < -0.4 is 4.90 Å². The lowest BCUT2D eigenvalue weighted by Gasteiger charge is -2.25. The van der Waals surface area contributed by atoms with Crippen LogP contribution in [0.4, 0.5) is 5.82 Å². The van der Waals surface area contributed by atoms with Crippen molar-refractivity contribution in [3.05, 3.63) is 17.0 Å². The van der Waals surface area contributed by atoms with Crippen molar-refractivity contribution in [2.45, 2.75) is 39.2 Å². The first-order chi connectivity index (χ1) is 8.72. The monoisotopic (exact) mass is 269 g/mol. The molecule has 1 atom stereocenters. The molecule has 0 spiro atoms. The largest absolute Gasteiger partial charge is 0.377 e. The summed E-state index contributed by atoms with van der Waals surface area (Å²) < 4.78 is 5.67. The zero-order valence-corrected chi connectivity index (χ0v) is 11.8. The standard InChI is InChI=1S/C13H20ClN3O/c1-3-5-11-12(14)15-9-16-13(11)17-6-4-7-18-10(2)8-17/h9-10H,3-8H2,1-2H3. The summed E-state index contributed by atoms with van der Waals surface area (Å²) in [5, 5.41) is 0.583. The van der Waals surface area contributed by atoms with Crippen LogP contribution >= 0.6 is 11.6 Å². The van der Waals surface area contributed by atoms with Crippen LogP contribution in [0.2, 0.25) is 5.15 Å². The van der Waals surface area contributed by atoms with Crippen molar-refractivity contribution >= 4 is 17.4 Å². The third-order valence-corrected chi connectivity index (χ3v) is 3.45. The van der Waals surface area contributed by atoms with Crippen molar-refractivity contribution in [3.8, 4) is 0 Å². The molecule has 0 amide bonds. The molecule has 4 nitrogen and oxygen atoms in total. The molecule has 18 heavy (non-hydrogen) atoms. The SMILES string of the molecule is CCCc1c(Cl)ncnc1N1CCCOC(C)C1. The summed E-state index contributed by atoms with van der Waals surface area (Å²) in [5.41, 5.74) is 1.07. The number of hydrogen-bond donors (Lipinski definition) is 0. The highest BCUT2D eigenvalue weighted by Gasteiger charge is 2.20. The molecule has 1 fully saturated rings. The van der Waals surface area contributed by atoms with Gasteiger partial charge in [-0.1, -0.05) is 24.9 Å². The molecule has 100 valence electrons. The summed E-state index contributed by atoms with van der Waals surface area (Å²) in [7, 11) is 0. The summed E-state index contributed by atoms with van der Waals surface area (Å²) in [6.07, 6.45) is 4.77. The van der Waals surface area contributed by atoms with Crippen LogP contribution in [-0.4, -0.2) is 35.8 Å². The maximum atomic E-state index is 6.20. The highest BCUT2D eigenvalue weighted by molar-refractivity contribution is 6.30. The zero-order valence-electron chi connectivity index (χ0n) is 11.0. The summed E-state index contributed by atoms with van der Waals surface area (Å²) >= 11 is 6.20. The number of rotatable bonds is 3. The molecular formula is C13H20ClN3O. The van der Waals surface area contributed by atoms with Crippen molar-refractivity contribution in [3.63, 3.8) is 0 Å². The Bertz CT molecular complexity index is 400. The van der Waals surface area contributed by atoms with Gasteiger partial charge < -0.3 is 9.64 Å². The van der Waals surface area contributed by atoms with E-state index in [1.807, 2.05) is 0 Å². The quantitative estimate of drug-likeness (QED) is 0.791. The van der Waals surface area contributed by atoms with Gasteiger partial charge in [0.25, 0.3) is 0 Å². The van der Waals surface area contributed by atoms with Crippen LogP contribution in [0.3, 0.4) is 0 Å². The van der Waals surface area contributed by atoms with E-state index in [1.165, 1.54) is 0 Å². The fourth-order valence-electron chi connectivity index (χ4n) is 2.31. The number of ether oxygens (including phenoxy) is 1. The van der Waals surface area contributed by atoms with Crippen molar-refractivity contribution < 1.29 is 4.74 Å². The second-order valence-corrected chi connectivity index (χ2v) is 5.06. The summed E-state index contributed by atoms with van der Waals surface area (Å²) in [6, 6.07) is 0. The molecular weight excluding hydrogens is 250 g/mol. The van der Waals surface area contributed by atoms with Gasteiger partial charge in [-0.2, -0.15) is 0 Å². The predicted octanol–water partition coefficient (Wildman–Crippen LogP) is 2.70. The Labute approximate surface area is 113 Å². The van der Waals surface area contributed by atoms with Gasteiger partial charge in [-0.3, -0.25) is 0 Å². The molecule has 0 aliphatic carbocycles. The second kappa shape index (κ2) is 6.34. The van der Waals surface area contributed by atoms with Crippen LogP contribution in [0.1, 0.15) is 32.3 Å². The fourth-order valence-corrected chi connectivity index (χ4v) is 2.53. The maximum Gasteiger partial charge on any atom is 0.137 e. The molecule has 0 aromatic carbocycles. The van der Waals surface area contributed by atoms with E-state index in [9.17, 15) is 0 Å². The minimum Gasteiger partial charge on any atom is -0.377 e. The van der Waals surface area contributed by atoms with Crippen LogP contribution in [0, 0.1) is 0 Å². The van der Waals surface area contributed by atoms with E-state index in [1.54, 1.807) is 6.33 Å². The Hall–Kier alpha value is -0.870. The highest BCUT2D eigenvalue weighted by Crippen LogP contribution is 2.26. The van der Waals surface area contributed by atoms with E-state index in [2.05, 4.69) is 28.7 Å². The Morgan fingerprint density at radius 3 is 3.11 bits per heavy atom. The number of hydrogen-bond acceptors (Lipinski definition) is 4. The molecule has 2 rings (SSSR count). The number of halogens is 1. The summed E-state index contributed by atoms with van der Waals surface area (Å²) in [4.78, 5) is 10.8. The van der Waals surface area contributed by atoms with E-state index in [4.69, 9.17) is 16.3 Å². The van der Waals surface area contributed by atoms with Crippen LogP contribution in [0.15, 0.2) is 6.33 Å². The van der Waals surface area contributed by atoms with Crippen LogP contribution in [0.25, 0.3) is 0 Å². The van der Waals surface area contributed by atoms with Crippen molar-refractivity contribution in [1.29, 1.82) is 0 Å². The molecule has 0 saturated carbocycles. The first-order valence-electron chi connectivity index (χ1n) is 6.58. The van der Waals surface area contributed by atoms with E-state index in [0.717, 1.165) is 50.3 Å². The first kappa shape index (κ1) is 13.6. The number of nitrogens with zero attached hydrogens (tertiary/aromatic N) is 3. The average Bonchev–Trinajstić information content (AvgIpc) is 2.57. The Morgan fingerprint density at radius 2 is 2.33 bits per heavy atom. The maximum absolute atomic E-state index is 6.20. The van der Waals surface area contributed by atoms with Crippen molar-refractivity contribution in [2.75, 3.05) is 24.6 Å². The minimum atomic E-state index is 0.232. The Morgan fingerprint density at radius 1 is 1.50 bits per heavy atom. The molecule has 1 aromatic heterocycles. The predicted molar refractivity (Wildman–Crippen MR) is 73.3 cm³/mol. The molecule has 2 heterocycles. The van der Waals surface area contributed by atoms with E-state index in [0.29, 0.717) is 5.15 Å². The van der Waals surface area contributed by atoms with Gasteiger partial charge in [-0.05, 0) is 19.8 Å². The molecule has 1 saturated heterocycles. The molecule has 1 aliphatic heterocycles. The smallest absolute Gasteiger partial charge is 0.137 e. The third-order valence-electron chi connectivity index (χ3n) is 3.12. The van der Waals surface area contributed by atoms with Crippen LogP contribution in [-0.2, 0) is 11.2 Å². The third kappa shape index (κ3) is 3.12. The van der Waals surface area contributed by atoms with E-state index >= 15 is 0 Å². The van der Waals surface area contributed by atoms with Crippen LogP contribution in [0.5, 0.6) is 0 Å². The lowest BCUT2D eigenvalue weighted by Crippen LogP contribution is -2.31. The number of anilines is 1. The lowest BCUT2D eigenvalue weighted by molar-refractivity contribution is 0.0820. The van der Waals surface area contributed by atoms with Gasteiger partial charge in [0, 0.05) is 25.3 Å². The summed E-state index contributed by atoms with van der Waals surface area (Å²) in [6.45, 7) is 6.89. The van der Waals surface area contributed by atoms with Gasteiger partial charge in [-0.25, -0.2) is 9.97 Å². The van der Waals surface area contributed by atoms with Gasteiger partial charge in [0.2, 0.25) is 0 Å². The van der Waals surface area contributed by atoms with E-state index < -0.39 is 0 Å². The zero-order chi connectivity index (χ0) is 13.0.